The molecule has 1 N–H and O–H groups in total. The molecule has 0 radical (unpaired) electrons. The van der Waals surface area contributed by atoms with E-state index >= 15 is 0 Å². The number of nitrogens with one attached hydrogen (secondary N) is 1. The third-order valence-corrected chi connectivity index (χ3v) is 4.84. The average Bonchev–Trinajstić information content (AvgIpc) is 2.60. The number of carbonyl (C=O) groups is 1. The van der Waals surface area contributed by atoms with Crippen LogP contribution in [0.4, 0.5) is 0 Å². The van der Waals surface area contributed by atoms with Crippen LogP contribution in [0.25, 0.3) is 0 Å². The third kappa shape index (κ3) is 6.21. The first-order valence-electron chi connectivity index (χ1n) is 7.77. The van der Waals surface area contributed by atoms with Crippen molar-refractivity contribution in [2.45, 2.75) is 13.1 Å². The number of amides is 1. The molecule has 2 aromatic carbocycles. The maximum absolute atomic E-state index is 12.1. The Labute approximate surface area is 148 Å². The standard InChI is InChI=1S/C18H22N2O4S/c1-24-17-10-8-15(9-11-17)12-19-18(21)14-20(25(2,22)23)13-16-6-4-3-5-7-16/h3-11H,12-14H2,1-2H3,(H,19,21). The van der Waals surface area contributed by atoms with E-state index in [4.69, 9.17) is 4.74 Å². The van der Waals surface area contributed by atoms with Crippen molar-refractivity contribution in [1.82, 2.24) is 9.62 Å². The lowest BCUT2D eigenvalue weighted by molar-refractivity contribution is -0.121. The van der Waals surface area contributed by atoms with Gasteiger partial charge in [-0.15, -0.1) is 0 Å². The third-order valence-electron chi connectivity index (χ3n) is 3.64. The van der Waals surface area contributed by atoms with Crippen molar-refractivity contribution in [3.8, 4) is 5.75 Å². The van der Waals surface area contributed by atoms with Crippen LogP contribution in [0.5, 0.6) is 5.75 Å². The highest BCUT2D eigenvalue weighted by Crippen LogP contribution is 2.11. The van der Waals surface area contributed by atoms with Crippen molar-refractivity contribution in [2.75, 3.05) is 19.9 Å². The Kier molecular flexibility index (Phi) is 6.55. The molecule has 0 heterocycles. The number of benzene rings is 2. The SMILES string of the molecule is COc1ccc(CNC(=O)CN(Cc2ccccc2)S(C)(=O)=O)cc1. The van der Waals surface area contributed by atoms with Crippen LogP contribution in [0.3, 0.4) is 0 Å². The Balaban J connectivity index is 1.94. The van der Waals surface area contributed by atoms with Crippen molar-refractivity contribution in [3.05, 3.63) is 65.7 Å². The van der Waals surface area contributed by atoms with Gasteiger partial charge in [0.15, 0.2) is 0 Å². The molecule has 2 rings (SSSR count). The van der Waals surface area contributed by atoms with E-state index in [-0.39, 0.29) is 19.0 Å². The van der Waals surface area contributed by atoms with Gasteiger partial charge in [0.1, 0.15) is 5.75 Å². The van der Waals surface area contributed by atoms with E-state index in [0.29, 0.717) is 6.54 Å². The molecule has 7 heteroatoms. The number of carbonyl (C=O) groups excluding carboxylic acids is 1. The zero-order valence-electron chi connectivity index (χ0n) is 14.3. The summed E-state index contributed by atoms with van der Waals surface area (Å²) < 4.78 is 30.1. The number of methoxy groups -OCH3 is 1. The molecule has 134 valence electrons. The van der Waals surface area contributed by atoms with E-state index in [2.05, 4.69) is 5.32 Å². The fourth-order valence-electron chi connectivity index (χ4n) is 2.24. The lowest BCUT2D eigenvalue weighted by Crippen LogP contribution is -2.39. The zero-order chi connectivity index (χ0) is 18.3. The molecule has 0 aliphatic heterocycles. The van der Waals surface area contributed by atoms with E-state index < -0.39 is 10.0 Å². The van der Waals surface area contributed by atoms with Crippen LogP contribution in [0.15, 0.2) is 54.6 Å². The molecular formula is C18H22N2O4S. The first-order valence-corrected chi connectivity index (χ1v) is 9.62. The van der Waals surface area contributed by atoms with Gasteiger partial charge in [0.05, 0.1) is 19.9 Å². The largest absolute Gasteiger partial charge is 0.497 e. The number of hydrogen-bond donors (Lipinski definition) is 1. The highest BCUT2D eigenvalue weighted by molar-refractivity contribution is 7.88. The summed E-state index contributed by atoms with van der Waals surface area (Å²) in [4.78, 5) is 12.1. The maximum Gasteiger partial charge on any atom is 0.235 e. The number of sulfonamides is 1. The minimum Gasteiger partial charge on any atom is -0.497 e. The van der Waals surface area contributed by atoms with E-state index in [1.807, 2.05) is 42.5 Å². The van der Waals surface area contributed by atoms with Gasteiger partial charge in [0, 0.05) is 13.1 Å². The van der Waals surface area contributed by atoms with Gasteiger partial charge in [-0.25, -0.2) is 8.42 Å². The van der Waals surface area contributed by atoms with Gasteiger partial charge in [0.2, 0.25) is 15.9 Å². The number of hydrogen-bond acceptors (Lipinski definition) is 4. The minimum absolute atomic E-state index is 0.162. The fourth-order valence-corrected chi connectivity index (χ4v) is 2.97. The first kappa shape index (κ1) is 19.0. The number of ether oxygens (including phenoxy) is 1. The summed E-state index contributed by atoms with van der Waals surface area (Å²) in [7, 11) is -1.91. The lowest BCUT2D eigenvalue weighted by atomic mass is 10.2. The van der Waals surface area contributed by atoms with Crippen molar-refractivity contribution in [1.29, 1.82) is 0 Å². The van der Waals surface area contributed by atoms with Crippen molar-refractivity contribution in [3.63, 3.8) is 0 Å². The number of rotatable bonds is 8. The Morgan fingerprint density at radius 3 is 2.24 bits per heavy atom. The van der Waals surface area contributed by atoms with E-state index in [1.165, 1.54) is 0 Å². The summed E-state index contributed by atoms with van der Waals surface area (Å²) in [6, 6.07) is 16.5. The van der Waals surface area contributed by atoms with Crippen molar-refractivity contribution >= 4 is 15.9 Å². The van der Waals surface area contributed by atoms with Crippen LogP contribution in [-0.2, 0) is 27.9 Å². The van der Waals surface area contributed by atoms with Crippen LogP contribution in [0.2, 0.25) is 0 Å². The van der Waals surface area contributed by atoms with Crippen LogP contribution in [0, 0.1) is 0 Å². The second kappa shape index (κ2) is 8.64. The molecule has 0 atom stereocenters. The molecule has 0 fully saturated rings. The molecule has 0 saturated heterocycles. The Morgan fingerprint density at radius 1 is 1.04 bits per heavy atom. The van der Waals surface area contributed by atoms with Gasteiger partial charge in [-0.1, -0.05) is 42.5 Å². The summed E-state index contributed by atoms with van der Waals surface area (Å²) in [6.45, 7) is 0.269. The summed E-state index contributed by atoms with van der Waals surface area (Å²) in [5, 5.41) is 2.74. The Bertz CT molecular complexity index is 790. The molecule has 1 amide bonds. The van der Waals surface area contributed by atoms with Crippen LogP contribution < -0.4 is 10.1 Å². The summed E-state index contributed by atoms with van der Waals surface area (Å²) >= 11 is 0. The molecule has 0 spiro atoms. The predicted molar refractivity (Wildman–Crippen MR) is 96.5 cm³/mol. The molecule has 2 aromatic rings. The average molecular weight is 362 g/mol. The monoisotopic (exact) mass is 362 g/mol. The summed E-state index contributed by atoms with van der Waals surface area (Å²) in [5.41, 5.74) is 1.74. The molecule has 6 nitrogen and oxygen atoms in total. The van der Waals surface area contributed by atoms with Crippen LogP contribution >= 0.6 is 0 Å². The van der Waals surface area contributed by atoms with Crippen molar-refractivity contribution in [2.24, 2.45) is 0 Å². The maximum atomic E-state index is 12.1. The van der Waals surface area contributed by atoms with Gasteiger partial charge < -0.3 is 10.1 Å². The molecule has 0 saturated carbocycles. The Morgan fingerprint density at radius 2 is 1.68 bits per heavy atom. The normalized spacial score (nSPS) is 11.3. The number of nitrogens with zero attached hydrogens (tertiary/aromatic N) is 1. The lowest BCUT2D eigenvalue weighted by Gasteiger charge is -2.19. The predicted octanol–water partition coefficient (Wildman–Crippen LogP) is 1.77. The first-order chi connectivity index (χ1) is 11.9. The van der Waals surface area contributed by atoms with Crippen molar-refractivity contribution < 1.29 is 17.9 Å². The molecule has 0 unspecified atom stereocenters. The van der Waals surface area contributed by atoms with Gasteiger partial charge in [-0.2, -0.15) is 4.31 Å². The Hall–Kier alpha value is -2.38. The smallest absolute Gasteiger partial charge is 0.235 e. The van der Waals surface area contributed by atoms with Gasteiger partial charge >= 0.3 is 0 Å². The second-order valence-electron chi connectivity index (χ2n) is 5.64. The summed E-state index contributed by atoms with van der Waals surface area (Å²) in [5.74, 6) is 0.387. The molecule has 0 bridgehead atoms. The highest BCUT2D eigenvalue weighted by Gasteiger charge is 2.20. The zero-order valence-corrected chi connectivity index (χ0v) is 15.1. The van der Waals surface area contributed by atoms with Gasteiger partial charge in [-0.3, -0.25) is 4.79 Å². The fraction of sp³-hybridized carbons (Fsp3) is 0.278. The molecule has 0 aromatic heterocycles. The van der Waals surface area contributed by atoms with E-state index in [0.717, 1.165) is 27.4 Å². The van der Waals surface area contributed by atoms with Gasteiger partial charge in [-0.05, 0) is 23.3 Å². The topological polar surface area (TPSA) is 75.7 Å². The van der Waals surface area contributed by atoms with E-state index in [9.17, 15) is 13.2 Å². The van der Waals surface area contributed by atoms with Crippen LogP contribution in [0.1, 0.15) is 11.1 Å². The summed E-state index contributed by atoms with van der Waals surface area (Å²) in [6.07, 6.45) is 1.10. The molecule has 0 aliphatic carbocycles. The quantitative estimate of drug-likeness (QED) is 0.777. The van der Waals surface area contributed by atoms with Gasteiger partial charge in [0.25, 0.3) is 0 Å². The van der Waals surface area contributed by atoms with Crippen LogP contribution in [-0.4, -0.2) is 38.5 Å². The minimum atomic E-state index is -3.49. The van der Waals surface area contributed by atoms with E-state index in [1.54, 1.807) is 19.2 Å². The molecule has 0 aliphatic rings. The second-order valence-corrected chi connectivity index (χ2v) is 7.62. The molecular weight excluding hydrogens is 340 g/mol. The molecule has 25 heavy (non-hydrogen) atoms. The highest BCUT2D eigenvalue weighted by atomic mass is 32.2.